The predicted molar refractivity (Wildman–Crippen MR) is 80.1 cm³/mol. The smallest absolute Gasteiger partial charge is 0.405 e. The number of benzene rings is 1. The molecule has 1 unspecified atom stereocenters. The zero-order valence-electron chi connectivity index (χ0n) is 11.3. The van der Waals surface area contributed by atoms with E-state index in [2.05, 4.69) is 9.64 Å². The van der Waals surface area contributed by atoms with E-state index in [4.69, 9.17) is 5.73 Å². The van der Waals surface area contributed by atoms with Gasteiger partial charge in [0.15, 0.2) is 0 Å². The first-order valence-corrected chi connectivity index (χ1v) is 6.24. The van der Waals surface area contributed by atoms with Gasteiger partial charge in [0.25, 0.3) is 0 Å². The lowest BCUT2D eigenvalue weighted by Gasteiger charge is -2.19. The lowest BCUT2D eigenvalue weighted by atomic mass is 10.1. The molecule has 8 heteroatoms. The molecule has 3 nitrogen and oxygen atoms in total. The second-order valence-electron chi connectivity index (χ2n) is 4.78. The van der Waals surface area contributed by atoms with Gasteiger partial charge in [0.05, 0.1) is 0 Å². The standard InChI is InChI=1S/C13H17F3N2O.2ClH/c14-13(15,16)19-12-4-2-1-3-11(12)9-18-6-5-10(7-17)8-18;;/h1-4,10H,5-9,17H2;2*1H. The van der Waals surface area contributed by atoms with Gasteiger partial charge in [-0.15, -0.1) is 38.0 Å². The van der Waals surface area contributed by atoms with E-state index in [1.165, 1.54) is 12.1 Å². The second-order valence-corrected chi connectivity index (χ2v) is 4.78. The van der Waals surface area contributed by atoms with Crippen molar-refractivity contribution in [2.75, 3.05) is 19.6 Å². The third-order valence-corrected chi connectivity index (χ3v) is 3.30. The van der Waals surface area contributed by atoms with Crippen molar-refractivity contribution in [3.63, 3.8) is 0 Å². The first kappa shape index (κ1) is 20.3. The number of ether oxygens (including phenoxy) is 1. The summed E-state index contributed by atoms with van der Waals surface area (Å²) in [5.74, 6) is 0.321. The molecule has 1 saturated heterocycles. The molecule has 1 aliphatic rings. The maximum atomic E-state index is 12.3. The van der Waals surface area contributed by atoms with Gasteiger partial charge in [0, 0.05) is 18.7 Å². The Hall–Kier alpha value is -0.690. The highest BCUT2D eigenvalue weighted by Gasteiger charge is 2.32. The summed E-state index contributed by atoms with van der Waals surface area (Å²) in [5, 5.41) is 0. The van der Waals surface area contributed by atoms with Gasteiger partial charge in [-0.25, -0.2) is 0 Å². The van der Waals surface area contributed by atoms with Crippen molar-refractivity contribution >= 4 is 24.8 Å². The first-order valence-electron chi connectivity index (χ1n) is 6.24. The Morgan fingerprint density at radius 2 is 1.90 bits per heavy atom. The van der Waals surface area contributed by atoms with Gasteiger partial charge < -0.3 is 10.5 Å². The summed E-state index contributed by atoms with van der Waals surface area (Å²) in [7, 11) is 0. The number of hydrogen-bond acceptors (Lipinski definition) is 3. The van der Waals surface area contributed by atoms with E-state index in [1.54, 1.807) is 12.1 Å². The molecule has 0 radical (unpaired) electrons. The average Bonchev–Trinajstić information content (AvgIpc) is 2.78. The summed E-state index contributed by atoms with van der Waals surface area (Å²) in [6.45, 7) is 2.78. The Morgan fingerprint density at radius 1 is 1.24 bits per heavy atom. The van der Waals surface area contributed by atoms with Crippen molar-refractivity contribution in [1.82, 2.24) is 4.90 Å². The van der Waals surface area contributed by atoms with Gasteiger partial charge in [0.1, 0.15) is 5.75 Å². The Balaban J connectivity index is 0.00000200. The molecule has 21 heavy (non-hydrogen) atoms. The fraction of sp³-hybridized carbons (Fsp3) is 0.538. The van der Waals surface area contributed by atoms with Crippen LogP contribution in [0.25, 0.3) is 0 Å². The van der Waals surface area contributed by atoms with Crippen molar-refractivity contribution in [3.05, 3.63) is 29.8 Å². The quantitative estimate of drug-likeness (QED) is 0.909. The van der Waals surface area contributed by atoms with Crippen molar-refractivity contribution in [2.24, 2.45) is 11.7 Å². The van der Waals surface area contributed by atoms with Gasteiger partial charge >= 0.3 is 6.36 Å². The molecule has 1 heterocycles. The third-order valence-electron chi connectivity index (χ3n) is 3.30. The van der Waals surface area contributed by atoms with Gasteiger partial charge in [-0.05, 0) is 31.5 Å². The van der Waals surface area contributed by atoms with Crippen LogP contribution in [0, 0.1) is 5.92 Å². The Bertz CT molecular complexity index is 432. The van der Waals surface area contributed by atoms with Crippen LogP contribution in [0.3, 0.4) is 0 Å². The highest BCUT2D eigenvalue weighted by atomic mass is 35.5. The summed E-state index contributed by atoms with van der Waals surface area (Å²) in [6, 6.07) is 6.27. The maximum Gasteiger partial charge on any atom is 0.573 e. The van der Waals surface area contributed by atoms with Crippen LogP contribution in [0.5, 0.6) is 5.75 Å². The van der Waals surface area contributed by atoms with E-state index in [9.17, 15) is 13.2 Å². The largest absolute Gasteiger partial charge is 0.573 e. The average molecular weight is 347 g/mol. The zero-order valence-corrected chi connectivity index (χ0v) is 12.9. The summed E-state index contributed by atoms with van der Waals surface area (Å²) >= 11 is 0. The number of rotatable bonds is 4. The zero-order chi connectivity index (χ0) is 13.9. The second kappa shape index (κ2) is 8.68. The Morgan fingerprint density at radius 3 is 2.48 bits per heavy atom. The number of likely N-dealkylation sites (tertiary alicyclic amines) is 1. The number of alkyl halides is 3. The Labute approximate surface area is 134 Å². The fourth-order valence-electron chi connectivity index (χ4n) is 2.35. The van der Waals surface area contributed by atoms with Crippen molar-refractivity contribution in [1.29, 1.82) is 0 Å². The van der Waals surface area contributed by atoms with Crippen LogP contribution in [0.2, 0.25) is 0 Å². The summed E-state index contributed by atoms with van der Waals surface area (Å²) in [6.07, 6.45) is -3.65. The molecule has 1 aromatic carbocycles. The molecule has 0 aromatic heterocycles. The lowest BCUT2D eigenvalue weighted by molar-refractivity contribution is -0.275. The number of para-hydroxylation sites is 1. The van der Waals surface area contributed by atoms with Crippen LogP contribution < -0.4 is 10.5 Å². The summed E-state index contributed by atoms with van der Waals surface area (Å²) in [5.41, 5.74) is 6.16. The number of nitrogens with zero attached hydrogens (tertiary/aromatic N) is 1. The van der Waals surface area contributed by atoms with Gasteiger partial charge in [-0.3, -0.25) is 4.90 Å². The molecular weight excluding hydrogens is 328 g/mol. The lowest BCUT2D eigenvalue weighted by Crippen LogP contribution is -2.24. The van der Waals surface area contributed by atoms with Gasteiger partial charge in [0.2, 0.25) is 0 Å². The molecule has 0 spiro atoms. The monoisotopic (exact) mass is 346 g/mol. The first-order chi connectivity index (χ1) is 8.98. The normalized spacial score (nSPS) is 18.8. The highest BCUT2D eigenvalue weighted by molar-refractivity contribution is 5.85. The molecule has 2 rings (SSSR count). The van der Waals surface area contributed by atoms with Gasteiger partial charge in [-0.1, -0.05) is 18.2 Å². The minimum atomic E-state index is -4.65. The van der Waals surface area contributed by atoms with E-state index in [-0.39, 0.29) is 30.6 Å². The Kier molecular flexibility index (Phi) is 8.39. The summed E-state index contributed by atoms with van der Waals surface area (Å²) < 4.78 is 40.9. The van der Waals surface area contributed by atoms with E-state index < -0.39 is 6.36 Å². The van der Waals surface area contributed by atoms with Crippen LogP contribution in [0.4, 0.5) is 13.2 Å². The molecule has 122 valence electrons. The molecular formula is C13H19Cl2F3N2O. The van der Waals surface area contributed by atoms with Crippen molar-refractivity contribution in [2.45, 2.75) is 19.3 Å². The van der Waals surface area contributed by atoms with E-state index in [1.807, 2.05) is 0 Å². The van der Waals surface area contributed by atoms with E-state index in [0.29, 0.717) is 24.6 Å². The number of hydrogen-bond donors (Lipinski definition) is 1. The van der Waals surface area contributed by atoms with Crippen LogP contribution in [0.1, 0.15) is 12.0 Å². The minimum Gasteiger partial charge on any atom is -0.405 e. The van der Waals surface area contributed by atoms with Crippen molar-refractivity contribution in [3.8, 4) is 5.75 Å². The molecule has 0 bridgehead atoms. The highest BCUT2D eigenvalue weighted by Crippen LogP contribution is 2.28. The number of nitrogens with two attached hydrogens (primary N) is 1. The molecule has 0 aliphatic carbocycles. The van der Waals surface area contributed by atoms with Gasteiger partial charge in [-0.2, -0.15) is 0 Å². The molecule has 2 N–H and O–H groups in total. The SMILES string of the molecule is Cl.Cl.NCC1CCN(Cc2ccccc2OC(F)(F)F)C1. The van der Waals surface area contributed by atoms with Crippen LogP contribution in [-0.2, 0) is 6.54 Å². The van der Waals surface area contributed by atoms with Crippen LogP contribution >= 0.6 is 24.8 Å². The van der Waals surface area contributed by atoms with Crippen LogP contribution in [-0.4, -0.2) is 30.9 Å². The molecule has 0 amide bonds. The third kappa shape index (κ3) is 6.30. The fourth-order valence-corrected chi connectivity index (χ4v) is 2.35. The molecule has 1 atom stereocenters. The van der Waals surface area contributed by atoms with E-state index >= 15 is 0 Å². The molecule has 0 saturated carbocycles. The van der Waals surface area contributed by atoms with Crippen molar-refractivity contribution < 1.29 is 17.9 Å². The molecule has 1 fully saturated rings. The molecule has 1 aromatic rings. The maximum absolute atomic E-state index is 12.3. The van der Waals surface area contributed by atoms with E-state index in [0.717, 1.165) is 19.5 Å². The minimum absolute atomic E-state index is 0. The van der Waals surface area contributed by atoms with Crippen LogP contribution in [0.15, 0.2) is 24.3 Å². The predicted octanol–water partition coefficient (Wildman–Crippen LogP) is 3.21. The number of halogens is 5. The summed E-state index contributed by atoms with van der Waals surface area (Å²) in [4.78, 5) is 2.11. The topological polar surface area (TPSA) is 38.5 Å². The molecule has 1 aliphatic heterocycles.